The summed E-state index contributed by atoms with van der Waals surface area (Å²) in [6.07, 6.45) is 2.25. The molecule has 0 fully saturated rings. The van der Waals surface area contributed by atoms with E-state index in [2.05, 4.69) is 222 Å². The van der Waals surface area contributed by atoms with Gasteiger partial charge >= 0.3 is 37.9 Å². The summed E-state index contributed by atoms with van der Waals surface area (Å²) in [4.78, 5) is 0. The van der Waals surface area contributed by atoms with Crippen LogP contribution in [-0.4, -0.2) is 28.6 Å². The summed E-state index contributed by atoms with van der Waals surface area (Å²) in [7, 11) is 13.4. The molecule has 0 aliphatic heterocycles. The Bertz CT molecular complexity index is 2050. The van der Waals surface area contributed by atoms with Crippen LogP contribution in [0.3, 0.4) is 0 Å². The molecule has 6 rings (SSSR count). The van der Waals surface area contributed by atoms with E-state index >= 15 is 0 Å². The zero-order valence-electron chi connectivity index (χ0n) is 39.2. The Hall–Kier alpha value is -1.98. The Balaban J connectivity index is 0.000000245. The minimum atomic E-state index is -1.22. The van der Waals surface area contributed by atoms with E-state index < -0.39 is 37.3 Å². The molecule has 0 spiro atoms. The van der Waals surface area contributed by atoms with Gasteiger partial charge in [0.05, 0.1) is 0 Å². The van der Waals surface area contributed by atoms with Crippen LogP contribution in [0.2, 0.25) is 39.3 Å². The summed E-state index contributed by atoms with van der Waals surface area (Å²) < 4.78 is 2.15. The average molecular weight is 940 g/mol. The molecule has 0 amide bonds. The van der Waals surface area contributed by atoms with Gasteiger partial charge in [-0.1, -0.05) is 180 Å². The molecular formula is C52H72BCl2NSi2Zr. The Kier molecular flexibility index (Phi) is 19.1. The second kappa shape index (κ2) is 21.9. The van der Waals surface area contributed by atoms with Crippen molar-refractivity contribution in [1.29, 1.82) is 0 Å². The van der Waals surface area contributed by atoms with Crippen molar-refractivity contribution in [2.45, 2.75) is 132 Å². The summed E-state index contributed by atoms with van der Waals surface area (Å²) >= 11 is -0.826. The monoisotopic (exact) mass is 937 g/mol. The molecule has 0 saturated carbocycles. The molecule has 1 nitrogen and oxygen atoms in total. The van der Waals surface area contributed by atoms with Crippen molar-refractivity contribution >= 4 is 63.0 Å². The number of halogens is 2. The molecule has 0 saturated heterocycles. The zero-order chi connectivity index (χ0) is 44.5. The summed E-state index contributed by atoms with van der Waals surface area (Å²) in [6, 6.07) is 40.6. The molecule has 0 unspecified atom stereocenters. The summed E-state index contributed by atoms with van der Waals surface area (Å²) in [6.45, 7) is 36.6. The Morgan fingerprint density at radius 3 is 1.12 bits per heavy atom. The van der Waals surface area contributed by atoms with Gasteiger partial charge in [-0.3, -0.25) is 0 Å². The predicted octanol–water partition coefficient (Wildman–Crippen LogP) is 16.9. The third-order valence-electron chi connectivity index (χ3n) is 10.6. The number of fused-ring (bicyclic) bond motifs is 2. The van der Waals surface area contributed by atoms with E-state index in [4.69, 9.17) is 25.0 Å². The molecule has 314 valence electrons. The number of hydrogen-bond donors (Lipinski definition) is 0. The molecular weight excluding hydrogens is 868 g/mol. The van der Waals surface area contributed by atoms with Crippen LogP contribution in [0.25, 0.3) is 43.8 Å². The van der Waals surface area contributed by atoms with Crippen LogP contribution < -0.4 is 0 Å². The Labute approximate surface area is 382 Å². The van der Waals surface area contributed by atoms with Crippen molar-refractivity contribution in [3.05, 3.63) is 131 Å². The number of rotatable bonds is 8. The van der Waals surface area contributed by atoms with Crippen molar-refractivity contribution in [2.24, 2.45) is 11.8 Å². The van der Waals surface area contributed by atoms with Crippen molar-refractivity contribution in [3.63, 3.8) is 0 Å². The number of nitrogens with zero attached hydrogens (tertiary/aromatic N) is 1. The van der Waals surface area contributed by atoms with Crippen molar-refractivity contribution in [1.82, 2.24) is 4.14 Å². The summed E-state index contributed by atoms with van der Waals surface area (Å²) in [5.41, 5.74) is 11.6. The fraction of sp³-hybridized carbons (Fsp3) is 0.423. The van der Waals surface area contributed by atoms with Crippen LogP contribution in [0.1, 0.15) is 91.5 Å². The van der Waals surface area contributed by atoms with Gasteiger partial charge in [-0.15, -0.1) is 69.1 Å². The van der Waals surface area contributed by atoms with Gasteiger partial charge in [-0.05, 0) is 57.8 Å². The second-order valence-electron chi connectivity index (χ2n) is 20.9. The molecule has 0 bridgehead atoms. The fourth-order valence-electron chi connectivity index (χ4n) is 7.61. The van der Waals surface area contributed by atoms with Gasteiger partial charge in [0, 0.05) is 0 Å². The van der Waals surface area contributed by atoms with E-state index in [0.717, 1.165) is 12.8 Å². The molecule has 0 aliphatic carbocycles. The minimum absolute atomic E-state index is 0.188. The number of hydrogen-bond acceptors (Lipinski definition) is 1. The molecule has 0 aliphatic rings. The Morgan fingerprint density at radius 1 is 0.542 bits per heavy atom. The van der Waals surface area contributed by atoms with Gasteiger partial charge in [0.15, 0.2) is 7.98 Å². The van der Waals surface area contributed by atoms with Gasteiger partial charge < -0.3 is 4.14 Å². The third kappa shape index (κ3) is 15.1. The molecule has 0 heterocycles. The second-order valence-corrected chi connectivity index (χ2v) is 34.7. The van der Waals surface area contributed by atoms with Gasteiger partial charge in [-0.2, -0.15) is 12.1 Å². The van der Waals surface area contributed by atoms with E-state index in [0.29, 0.717) is 11.8 Å². The van der Waals surface area contributed by atoms with Gasteiger partial charge in [0.2, 0.25) is 0 Å². The van der Waals surface area contributed by atoms with E-state index in [1.807, 2.05) is 0 Å². The molecule has 6 aromatic carbocycles. The topological polar surface area (TPSA) is 3.24 Å². The first kappa shape index (κ1) is 51.4. The SMILES string of the molecule is CC(C)Cc1ccccc1-c1cccc2[cH-]c(C(C)(C)C)cc12.CC(C)Cc1ccccc1-c1cccc2[cH-]c(C(C)(C)C)cc12.[B]N([Si](C)(C)C)[Si](C)(C)C.[Cl][Zr+2][Cl]. The van der Waals surface area contributed by atoms with E-state index in [-0.39, 0.29) is 10.8 Å². The van der Waals surface area contributed by atoms with E-state index in [9.17, 15) is 0 Å². The quantitative estimate of drug-likeness (QED) is 0.109. The van der Waals surface area contributed by atoms with Crippen molar-refractivity contribution < 1.29 is 20.8 Å². The zero-order valence-corrected chi connectivity index (χ0v) is 45.2. The summed E-state index contributed by atoms with van der Waals surface area (Å²) in [5, 5.41) is 5.47. The third-order valence-corrected chi connectivity index (χ3v) is 17.5. The van der Waals surface area contributed by atoms with Crippen LogP contribution >= 0.6 is 17.0 Å². The van der Waals surface area contributed by atoms with Gasteiger partial charge in [0.1, 0.15) is 16.5 Å². The molecule has 6 aromatic rings. The standard InChI is InChI=1S/2C23H27.C6H18BNSi2.2ClH.Zr/c2*1-16(2)13-17-9-6-7-11-20(17)21-12-8-10-18-14-19(15-22(18)21)23(3,4)5;1-9(2,3)8(7)10(4,5)6;;;/h2*6-12,14-16H,13H2,1-5H3;1-6H3;2*1H;/q2*-1;;;;+4/p-2. The van der Waals surface area contributed by atoms with Gasteiger partial charge in [-0.25, -0.2) is 0 Å². The molecule has 0 atom stereocenters. The first-order valence-electron chi connectivity index (χ1n) is 21.4. The molecule has 2 radical (unpaired) electrons. The van der Waals surface area contributed by atoms with Crippen molar-refractivity contribution in [3.8, 4) is 22.3 Å². The molecule has 0 aromatic heterocycles. The van der Waals surface area contributed by atoms with E-state index in [1.165, 1.54) is 66.1 Å². The maximum absolute atomic E-state index is 5.98. The average Bonchev–Trinajstić information content (AvgIpc) is 3.78. The van der Waals surface area contributed by atoms with Gasteiger partial charge in [0.25, 0.3) is 0 Å². The number of benzene rings is 4. The fourth-order valence-corrected chi connectivity index (χ4v) is 15.7. The molecule has 59 heavy (non-hydrogen) atoms. The van der Waals surface area contributed by atoms with E-state index in [1.54, 1.807) is 0 Å². The van der Waals surface area contributed by atoms with Crippen molar-refractivity contribution in [2.75, 3.05) is 0 Å². The molecule has 7 heteroatoms. The predicted molar refractivity (Wildman–Crippen MR) is 270 cm³/mol. The van der Waals surface area contributed by atoms with Crippen LogP contribution in [0, 0.1) is 11.8 Å². The normalized spacial score (nSPS) is 12.2. The Morgan fingerprint density at radius 2 is 0.847 bits per heavy atom. The molecule has 0 N–H and O–H groups in total. The summed E-state index contributed by atoms with van der Waals surface area (Å²) in [5.74, 6) is 1.33. The maximum atomic E-state index is 5.98. The van der Waals surface area contributed by atoms with Crippen LogP contribution in [-0.2, 0) is 44.5 Å². The first-order valence-corrected chi connectivity index (χ1v) is 34.6. The van der Waals surface area contributed by atoms with Crippen LogP contribution in [0.5, 0.6) is 0 Å². The van der Waals surface area contributed by atoms with Crippen LogP contribution in [0.4, 0.5) is 0 Å². The van der Waals surface area contributed by atoms with Crippen LogP contribution in [0.15, 0.2) is 109 Å². The first-order chi connectivity index (χ1) is 27.3.